The van der Waals surface area contributed by atoms with Crippen molar-refractivity contribution in [3.8, 4) is 5.75 Å². The lowest BCUT2D eigenvalue weighted by Gasteiger charge is -2.26. The molecular weight excluding hydrogens is 600 g/mol. The van der Waals surface area contributed by atoms with Crippen LogP contribution < -0.4 is 19.8 Å². The molecule has 0 saturated carbocycles. The van der Waals surface area contributed by atoms with Crippen LogP contribution in [-0.4, -0.2) is 33.1 Å². The number of amides is 2. The van der Waals surface area contributed by atoms with E-state index in [1.165, 1.54) is 22.7 Å². The van der Waals surface area contributed by atoms with E-state index in [-0.39, 0.29) is 35.2 Å². The summed E-state index contributed by atoms with van der Waals surface area (Å²) in [6.45, 7) is 1.84. The first kappa shape index (κ1) is 31.7. The maximum absolute atomic E-state index is 13.8. The number of rotatable bonds is 12. The van der Waals surface area contributed by atoms with Crippen molar-refractivity contribution < 1.29 is 22.7 Å². The number of hydrogen-bond donors (Lipinski definition) is 2. The van der Waals surface area contributed by atoms with Crippen LogP contribution in [0.5, 0.6) is 5.75 Å². The van der Waals surface area contributed by atoms with E-state index < -0.39 is 15.9 Å². The monoisotopic (exact) mass is 632 g/mol. The normalized spacial score (nSPS) is 11.2. The highest BCUT2D eigenvalue weighted by Crippen LogP contribution is 2.29. The average Bonchev–Trinajstić information content (AvgIpc) is 3.08. The van der Waals surface area contributed by atoms with E-state index in [9.17, 15) is 18.0 Å². The van der Waals surface area contributed by atoms with Crippen LogP contribution in [0, 0.1) is 6.92 Å². The van der Waals surface area contributed by atoms with E-state index in [2.05, 4.69) is 15.8 Å². The summed E-state index contributed by atoms with van der Waals surface area (Å²) < 4.78 is 34.5. The number of nitrogens with one attached hydrogen (secondary N) is 2. The van der Waals surface area contributed by atoms with Gasteiger partial charge in [0.15, 0.2) is 6.61 Å². The van der Waals surface area contributed by atoms with E-state index >= 15 is 0 Å². The number of ether oxygens (including phenoxy) is 1. The second-order valence-corrected chi connectivity index (χ2v) is 12.2. The Morgan fingerprint density at radius 1 is 0.783 bits per heavy atom. The van der Waals surface area contributed by atoms with Gasteiger partial charge in [0.25, 0.3) is 21.8 Å². The Balaban J connectivity index is 1.25. The third kappa shape index (κ3) is 8.25. The average molecular weight is 633 g/mol. The lowest BCUT2D eigenvalue weighted by molar-refractivity contribution is -0.118. The van der Waals surface area contributed by atoms with E-state index in [1.54, 1.807) is 66.7 Å². The molecule has 0 aromatic heterocycles. The van der Waals surface area contributed by atoms with Crippen LogP contribution in [0.2, 0.25) is 0 Å². The van der Waals surface area contributed by atoms with Crippen molar-refractivity contribution in [3.63, 3.8) is 0 Å². The molecule has 9 nitrogen and oxygen atoms in total. The first-order valence-corrected chi connectivity index (χ1v) is 15.9. The van der Waals surface area contributed by atoms with Gasteiger partial charge in [-0.25, -0.2) is 13.8 Å². The zero-order valence-corrected chi connectivity index (χ0v) is 25.9. The molecule has 0 fully saturated rings. The molecule has 5 aromatic rings. The highest BCUT2D eigenvalue weighted by molar-refractivity contribution is 7.92. The zero-order valence-electron chi connectivity index (χ0n) is 25.0. The van der Waals surface area contributed by atoms with Crippen molar-refractivity contribution in [3.05, 3.63) is 156 Å². The van der Waals surface area contributed by atoms with Crippen molar-refractivity contribution in [1.29, 1.82) is 0 Å². The van der Waals surface area contributed by atoms with Crippen LogP contribution in [0.3, 0.4) is 0 Å². The summed E-state index contributed by atoms with van der Waals surface area (Å²) in [4.78, 5) is 25.6. The summed E-state index contributed by atoms with van der Waals surface area (Å²) in [5.41, 5.74) is 6.08. The molecule has 0 heterocycles. The third-order valence-corrected chi connectivity index (χ3v) is 8.66. The van der Waals surface area contributed by atoms with Crippen LogP contribution in [0.15, 0.2) is 143 Å². The molecule has 0 atom stereocenters. The minimum absolute atomic E-state index is 0.0215. The molecule has 0 radical (unpaired) electrons. The Kier molecular flexibility index (Phi) is 10.2. The molecular formula is C36H32N4O5S. The van der Waals surface area contributed by atoms with Gasteiger partial charge in [-0.2, -0.15) is 5.10 Å². The highest BCUT2D eigenvalue weighted by atomic mass is 32.2. The predicted octanol–water partition coefficient (Wildman–Crippen LogP) is 6.17. The van der Waals surface area contributed by atoms with Gasteiger partial charge in [-0.15, -0.1) is 0 Å². The van der Waals surface area contributed by atoms with Gasteiger partial charge in [0.1, 0.15) is 5.75 Å². The Hall–Kier alpha value is -5.74. The zero-order chi connectivity index (χ0) is 32.4. The Morgan fingerprint density at radius 2 is 1.41 bits per heavy atom. The SMILES string of the molecule is Cc1ccc(NC(=O)COc2ccc(/C=N\NC(=O)c3ccccc3N(Cc3ccccc3)S(=O)(=O)c3ccccc3)cc2)cc1. The number of sulfonamides is 1. The number of para-hydroxylation sites is 1. The molecule has 2 amide bonds. The first-order valence-electron chi connectivity index (χ1n) is 14.4. The van der Waals surface area contributed by atoms with Gasteiger partial charge < -0.3 is 10.1 Å². The quantitative estimate of drug-likeness (QED) is 0.126. The van der Waals surface area contributed by atoms with Crippen molar-refractivity contribution in [1.82, 2.24) is 5.43 Å². The maximum atomic E-state index is 13.8. The van der Waals surface area contributed by atoms with Gasteiger partial charge in [0, 0.05) is 5.69 Å². The van der Waals surface area contributed by atoms with Gasteiger partial charge in [-0.05, 0) is 78.7 Å². The Bertz CT molecular complexity index is 1910. The molecule has 5 rings (SSSR count). The number of carbonyl (C=O) groups is 2. The molecule has 0 saturated heterocycles. The molecule has 0 spiro atoms. The molecule has 2 N–H and O–H groups in total. The minimum Gasteiger partial charge on any atom is -0.484 e. The molecule has 232 valence electrons. The fraction of sp³-hybridized carbons (Fsp3) is 0.0833. The van der Waals surface area contributed by atoms with Gasteiger partial charge in [-0.1, -0.05) is 78.4 Å². The largest absolute Gasteiger partial charge is 0.484 e. The topological polar surface area (TPSA) is 117 Å². The molecule has 46 heavy (non-hydrogen) atoms. The number of hydrazone groups is 1. The summed E-state index contributed by atoms with van der Waals surface area (Å²) in [6.07, 6.45) is 1.46. The van der Waals surface area contributed by atoms with Crippen LogP contribution >= 0.6 is 0 Å². The van der Waals surface area contributed by atoms with Gasteiger partial charge in [-0.3, -0.25) is 13.9 Å². The molecule has 5 aromatic carbocycles. The Morgan fingerprint density at radius 3 is 2.11 bits per heavy atom. The molecule has 0 bridgehead atoms. The van der Waals surface area contributed by atoms with Crippen molar-refractivity contribution in [2.45, 2.75) is 18.4 Å². The summed E-state index contributed by atoms with van der Waals surface area (Å²) in [7, 11) is -4.03. The Labute approximate surface area is 268 Å². The number of hydrogen-bond acceptors (Lipinski definition) is 6. The van der Waals surface area contributed by atoms with Crippen LogP contribution in [0.1, 0.15) is 27.0 Å². The van der Waals surface area contributed by atoms with E-state index in [1.807, 2.05) is 61.5 Å². The molecule has 0 aliphatic heterocycles. The molecule has 0 aliphatic rings. The minimum atomic E-state index is -4.03. The number of aryl methyl sites for hydroxylation is 1. The second kappa shape index (κ2) is 14.8. The van der Waals surface area contributed by atoms with E-state index in [0.717, 1.165) is 11.1 Å². The standard InChI is InChI=1S/C36H32N4O5S/c1-27-16-20-30(21-17-27)38-35(41)26-45-31-22-18-28(19-23-31)24-37-39-36(42)33-14-8-9-15-34(33)40(25-29-10-4-2-5-11-29)46(43,44)32-12-6-3-7-13-32/h2-24H,25-26H2,1H3,(H,38,41)(H,39,42)/b37-24-. The third-order valence-electron chi connectivity index (χ3n) is 6.88. The van der Waals surface area contributed by atoms with Crippen LogP contribution in [0.25, 0.3) is 0 Å². The smallest absolute Gasteiger partial charge is 0.273 e. The highest BCUT2D eigenvalue weighted by Gasteiger charge is 2.28. The van der Waals surface area contributed by atoms with Crippen molar-refractivity contribution in [2.75, 3.05) is 16.2 Å². The fourth-order valence-electron chi connectivity index (χ4n) is 4.51. The number of anilines is 2. The summed E-state index contributed by atoms with van der Waals surface area (Å²) >= 11 is 0. The molecule has 0 aliphatic carbocycles. The lowest BCUT2D eigenvalue weighted by Crippen LogP contribution is -2.33. The fourth-order valence-corrected chi connectivity index (χ4v) is 6.00. The van der Waals surface area contributed by atoms with Gasteiger partial charge >= 0.3 is 0 Å². The van der Waals surface area contributed by atoms with E-state index in [4.69, 9.17) is 4.74 Å². The van der Waals surface area contributed by atoms with Crippen molar-refractivity contribution in [2.24, 2.45) is 5.10 Å². The van der Waals surface area contributed by atoms with Gasteiger partial charge in [0.05, 0.1) is 28.9 Å². The molecule has 10 heteroatoms. The lowest BCUT2D eigenvalue weighted by atomic mass is 10.1. The first-order chi connectivity index (χ1) is 22.3. The van der Waals surface area contributed by atoms with Crippen LogP contribution in [0.4, 0.5) is 11.4 Å². The van der Waals surface area contributed by atoms with Gasteiger partial charge in [0.2, 0.25) is 0 Å². The number of nitrogens with zero attached hydrogens (tertiary/aromatic N) is 2. The second-order valence-electron chi connectivity index (χ2n) is 10.3. The predicted molar refractivity (Wildman–Crippen MR) is 180 cm³/mol. The summed E-state index contributed by atoms with van der Waals surface area (Å²) in [5, 5.41) is 6.86. The number of benzene rings is 5. The summed E-state index contributed by atoms with van der Waals surface area (Å²) in [6, 6.07) is 38.1. The van der Waals surface area contributed by atoms with E-state index in [0.29, 0.717) is 17.0 Å². The number of carbonyl (C=O) groups excluding carboxylic acids is 2. The molecule has 0 unspecified atom stereocenters. The summed E-state index contributed by atoms with van der Waals surface area (Å²) in [5.74, 6) is -0.364. The van der Waals surface area contributed by atoms with Crippen molar-refractivity contribution >= 4 is 39.4 Å². The van der Waals surface area contributed by atoms with Crippen LogP contribution in [-0.2, 0) is 21.4 Å². The maximum Gasteiger partial charge on any atom is 0.273 e.